The number of pyridine rings is 1. The second-order valence-electron chi connectivity index (χ2n) is 3.50. The molecule has 0 bridgehead atoms. The first-order valence-electron chi connectivity index (χ1n) is 5.27. The number of anilines is 1. The lowest BCUT2D eigenvalue weighted by Crippen LogP contribution is -2.14. The van der Waals surface area contributed by atoms with Crippen molar-refractivity contribution in [3.05, 3.63) is 54.1 Å². The smallest absolute Gasteiger partial charge is 0.274 e. The van der Waals surface area contributed by atoms with E-state index in [1.54, 1.807) is 24.3 Å². The van der Waals surface area contributed by atoms with Gasteiger partial charge in [-0.1, -0.05) is 18.2 Å². The Morgan fingerprint density at radius 3 is 2.72 bits per heavy atom. The van der Waals surface area contributed by atoms with Crippen molar-refractivity contribution in [3.8, 4) is 5.75 Å². The number of benzene rings is 1. The fourth-order valence-corrected chi connectivity index (χ4v) is 1.47. The van der Waals surface area contributed by atoms with E-state index in [1.807, 2.05) is 0 Å². The van der Waals surface area contributed by atoms with Crippen LogP contribution in [0.15, 0.2) is 42.5 Å². The molecule has 0 radical (unpaired) electrons. The number of carbonyl (C=O) groups is 1. The van der Waals surface area contributed by atoms with Crippen LogP contribution in [0.1, 0.15) is 10.5 Å². The number of ether oxygens (including phenoxy) is 1. The van der Waals surface area contributed by atoms with Crippen LogP contribution in [-0.2, 0) is 0 Å². The van der Waals surface area contributed by atoms with E-state index in [0.29, 0.717) is 11.4 Å². The van der Waals surface area contributed by atoms with Crippen LogP contribution in [0, 0.1) is 5.95 Å². The molecular weight excluding hydrogens is 235 g/mol. The van der Waals surface area contributed by atoms with Crippen LogP contribution in [0.4, 0.5) is 10.1 Å². The second-order valence-corrected chi connectivity index (χ2v) is 3.50. The molecule has 18 heavy (non-hydrogen) atoms. The molecule has 5 heteroatoms. The lowest BCUT2D eigenvalue weighted by molar-refractivity contribution is 0.102. The minimum atomic E-state index is -0.692. The third-order valence-electron chi connectivity index (χ3n) is 2.30. The number of methoxy groups -OCH3 is 1. The minimum Gasteiger partial charge on any atom is -0.495 e. The zero-order chi connectivity index (χ0) is 13.0. The van der Waals surface area contributed by atoms with E-state index in [1.165, 1.54) is 25.3 Å². The van der Waals surface area contributed by atoms with Crippen molar-refractivity contribution in [1.29, 1.82) is 0 Å². The Bertz CT molecular complexity index is 572. The SMILES string of the molecule is COc1ccccc1NC(=O)c1cccc(F)n1. The monoisotopic (exact) mass is 246 g/mol. The molecule has 1 amide bonds. The maximum absolute atomic E-state index is 12.9. The van der Waals surface area contributed by atoms with Gasteiger partial charge in [-0.05, 0) is 24.3 Å². The molecule has 1 aromatic heterocycles. The lowest BCUT2D eigenvalue weighted by atomic mass is 10.2. The van der Waals surface area contributed by atoms with Crippen LogP contribution in [-0.4, -0.2) is 18.0 Å². The van der Waals surface area contributed by atoms with Gasteiger partial charge in [0, 0.05) is 0 Å². The molecule has 0 unspecified atom stereocenters. The number of nitrogens with zero attached hydrogens (tertiary/aromatic N) is 1. The summed E-state index contributed by atoms with van der Waals surface area (Å²) in [6.45, 7) is 0. The third kappa shape index (κ3) is 2.63. The van der Waals surface area contributed by atoms with Crippen molar-refractivity contribution >= 4 is 11.6 Å². The topological polar surface area (TPSA) is 51.2 Å². The van der Waals surface area contributed by atoms with Gasteiger partial charge in [0.2, 0.25) is 5.95 Å². The van der Waals surface area contributed by atoms with Gasteiger partial charge in [-0.15, -0.1) is 0 Å². The standard InChI is InChI=1S/C13H11FN2O2/c1-18-11-7-3-2-5-9(11)16-13(17)10-6-4-8-12(14)15-10/h2-8H,1H3,(H,16,17). The predicted molar refractivity (Wildman–Crippen MR) is 65.1 cm³/mol. The van der Waals surface area contributed by atoms with Crippen molar-refractivity contribution in [3.63, 3.8) is 0 Å². The van der Waals surface area contributed by atoms with Gasteiger partial charge < -0.3 is 10.1 Å². The van der Waals surface area contributed by atoms with Crippen molar-refractivity contribution in [1.82, 2.24) is 4.98 Å². The average molecular weight is 246 g/mol. The number of rotatable bonds is 3. The molecule has 0 aliphatic rings. The number of halogens is 1. The Hall–Kier alpha value is -2.43. The highest BCUT2D eigenvalue weighted by atomic mass is 19.1. The molecule has 1 N–H and O–H groups in total. The molecule has 1 aromatic carbocycles. The molecule has 0 fully saturated rings. The van der Waals surface area contributed by atoms with Gasteiger partial charge in [0.25, 0.3) is 5.91 Å². The van der Waals surface area contributed by atoms with E-state index in [2.05, 4.69) is 10.3 Å². The van der Waals surface area contributed by atoms with Gasteiger partial charge in [-0.25, -0.2) is 4.98 Å². The zero-order valence-corrected chi connectivity index (χ0v) is 9.68. The first-order valence-corrected chi connectivity index (χ1v) is 5.27. The maximum atomic E-state index is 12.9. The van der Waals surface area contributed by atoms with Gasteiger partial charge >= 0.3 is 0 Å². The van der Waals surface area contributed by atoms with E-state index in [4.69, 9.17) is 4.74 Å². The summed E-state index contributed by atoms with van der Waals surface area (Å²) in [4.78, 5) is 15.3. The van der Waals surface area contributed by atoms with E-state index >= 15 is 0 Å². The zero-order valence-electron chi connectivity index (χ0n) is 9.68. The summed E-state index contributed by atoms with van der Waals surface area (Å²) in [5, 5.41) is 2.61. The number of carbonyl (C=O) groups excluding carboxylic acids is 1. The Labute approximate surface area is 103 Å². The number of hydrogen-bond donors (Lipinski definition) is 1. The van der Waals surface area contributed by atoms with Gasteiger partial charge in [0.05, 0.1) is 12.8 Å². The molecule has 1 heterocycles. The lowest BCUT2D eigenvalue weighted by Gasteiger charge is -2.09. The fourth-order valence-electron chi connectivity index (χ4n) is 1.47. The van der Waals surface area contributed by atoms with Crippen LogP contribution >= 0.6 is 0 Å². The van der Waals surface area contributed by atoms with Gasteiger partial charge in [0.15, 0.2) is 0 Å². The predicted octanol–water partition coefficient (Wildman–Crippen LogP) is 2.48. The number of hydrogen-bond acceptors (Lipinski definition) is 3. The number of nitrogens with one attached hydrogen (secondary N) is 1. The summed E-state index contributed by atoms with van der Waals surface area (Å²) in [5.41, 5.74) is 0.525. The number of amides is 1. The van der Waals surface area contributed by atoms with Gasteiger partial charge in [-0.2, -0.15) is 4.39 Å². The Balaban J connectivity index is 2.21. The highest BCUT2D eigenvalue weighted by Crippen LogP contribution is 2.23. The van der Waals surface area contributed by atoms with Crippen LogP contribution in [0.5, 0.6) is 5.75 Å². The summed E-state index contributed by atoms with van der Waals surface area (Å²) in [6, 6.07) is 11.0. The molecule has 2 aromatic rings. The summed E-state index contributed by atoms with van der Waals surface area (Å²) in [6.07, 6.45) is 0. The molecule has 4 nitrogen and oxygen atoms in total. The summed E-state index contributed by atoms with van der Waals surface area (Å²) < 4.78 is 18.0. The second kappa shape index (κ2) is 5.27. The molecule has 2 rings (SSSR count). The normalized spacial score (nSPS) is 9.89. The number of para-hydroxylation sites is 2. The Kier molecular flexibility index (Phi) is 3.52. The van der Waals surface area contributed by atoms with Crippen molar-refractivity contribution in [2.45, 2.75) is 0 Å². The first kappa shape index (κ1) is 12.0. The fraction of sp³-hybridized carbons (Fsp3) is 0.0769. The Morgan fingerprint density at radius 1 is 1.22 bits per heavy atom. The molecule has 0 aliphatic heterocycles. The van der Waals surface area contributed by atoms with Crippen molar-refractivity contribution in [2.24, 2.45) is 0 Å². The molecule has 0 saturated heterocycles. The number of aromatic nitrogens is 1. The summed E-state index contributed by atoms with van der Waals surface area (Å²) >= 11 is 0. The Morgan fingerprint density at radius 2 is 2.00 bits per heavy atom. The third-order valence-corrected chi connectivity index (χ3v) is 2.30. The highest BCUT2D eigenvalue weighted by molar-refractivity contribution is 6.03. The molecule has 0 aliphatic carbocycles. The molecule has 0 atom stereocenters. The van der Waals surface area contributed by atoms with Crippen molar-refractivity contribution < 1.29 is 13.9 Å². The first-order chi connectivity index (χ1) is 8.70. The van der Waals surface area contributed by atoms with E-state index in [9.17, 15) is 9.18 Å². The molecule has 92 valence electrons. The average Bonchev–Trinajstić information content (AvgIpc) is 2.39. The minimum absolute atomic E-state index is 0.0147. The highest BCUT2D eigenvalue weighted by Gasteiger charge is 2.10. The summed E-state index contributed by atoms with van der Waals surface area (Å²) in [7, 11) is 1.51. The van der Waals surface area contributed by atoms with E-state index in [-0.39, 0.29) is 5.69 Å². The molecule has 0 saturated carbocycles. The van der Waals surface area contributed by atoms with Crippen LogP contribution in [0.3, 0.4) is 0 Å². The largest absolute Gasteiger partial charge is 0.495 e. The van der Waals surface area contributed by atoms with Gasteiger partial charge in [-0.3, -0.25) is 4.79 Å². The van der Waals surface area contributed by atoms with E-state index in [0.717, 1.165) is 0 Å². The van der Waals surface area contributed by atoms with Crippen LogP contribution in [0.2, 0.25) is 0 Å². The van der Waals surface area contributed by atoms with Gasteiger partial charge in [0.1, 0.15) is 11.4 Å². The molecule has 0 spiro atoms. The van der Waals surface area contributed by atoms with Crippen LogP contribution in [0.25, 0.3) is 0 Å². The molecular formula is C13H11FN2O2. The van der Waals surface area contributed by atoms with Crippen molar-refractivity contribution in [2.75, 3.05) is 12.4 Å². The maximum Gasteiger partial charge on any atom is 0.274 e. The quantitative estimate of drug-likeness (QED) is 0.846. The summed E-state index contributed by atoms with van der Waals surface area (Å²) in [5.74, 6) is -0.649. The van der Waals surface area contributed by atoms with Crippen LogP contribution < -0.4 is 10.1 Å². The van der Waals surface area contributed by atoms with E-state index < -0.39 is 11.9 Å².